The molecule has 1 aromatic carbocycles. The van der Waals surface area contributed by atoms with Gasteiger partial charge in [-0.25, -0.2) is 4.79 Å². The topological polar surface area (TPSA) is 46.6 Å². The van der Waals surface area contributed by atoms with Crippen molar-refractivity contribution < 1.29 is 14.3 Å². The molecule has 19 heavy (non-hydrogen) atoms. The molecule has 4 nitrogen and oxygen atoms in total. The first kappa shape index (κ1) is 13.9. The Bertz CT molecular complexity index is 472. The van der Waals surface area contributed by atoms with Crippen molar-refractivity contribution in [3.05, 3.63) is 29.8 Å². The van der Waals surface area contributed by atoms with Crippen molar-refractivity contribution in [2.45, 2.75) is 23.8 Å². The average molecular weight is 279 g/mol. The molecule has 1 aliphatic heterocycles. The van der Waals surface area contributed by atoms with Crippen LogP contribution in [0.25, 0.3) is 0 Å². The normalized spacial score (nSPS) is 18.4. The lowest BCUT2D eigenvalue weighted by molar-refractivity contribution is -0.145. The second kappa shape index (κ2) is 6.10. The van der Waals surface area contributed by atoms with Crippen LogP contribution in [0.3, 0.4) is 0 Å². The third-order valence-electron chi connectivity index (χ3n) is 3.32. The lowest BCUT2D eigenvalue weighted by atomic mass is 10.1. The molecule has 1 unspecified atom stereocenters. The van der Waals surface area contributed by atoms with Gasteiger partial charge in [-0.3, -0.25) is 4.79 Å². The molecule has 0 aromatic heterocycles. The largest absolute Gasteiger partial charge is 0.467 e. The van der Waals surface area contributed by atoms with Crippen LogP contribution in [0.2, 0.25) is 0 Å². The molecule has 5 heteroatoms. The molecule has 1 saturated heterocycles. The second-order valence-corrected chi connectivity index (χ2v) is 5.29. The summed E-state index contributed by atoms with van der Waals surface area (Å²) in [7, 11) is 1.36. The van der Waals surface area contributed by atoms with Gasteiger partial charge in [-0.05, 0) is 43.4 Å². The van der Waals surface area contributed by atoms with Crippen molar-refractivity contribution in [1.29, 1.82) is 0 Å². The van der Waals surface area contributed by atoms with E-state index >= 15 is 0 Å². The minimum Gasteiger partial charge on any atom is -0.467 e. The van der Waals surface area contributed by atoms with Crippen LogP contribution in [0.1, 0.15) is 23.2 Å². The quantitative estimate of drug-likeness (QED) is 0.628. The minimum atomic E-state index is -0.433. The van der Waals surface area contributed by atoms with E-state index in [1.165, 1.54) is 7.11 Å². The predicted octanol–water partition coefficient (Wildman–Crippen LogP) is 2.19. The number of carbonyl (C=O) groups excluding carboxylic acids is 2. The zero-order valence-corrected chi connectivity index (χ0v) is 11.9. The summed E-state index contributed by atoms with van der Waals surface area (Å²) in [6.07, 6.45) is 3.51. The molecule has 0 radical (unpaired) electrons. The summed E-state index contributed by atoms with van der Waals surface area (Å²) in [5, 5.41) is 0. The van der Waals surface area contributed by atoms with Gasteiger partial charge < -0.3 is 9.64 Å². The molecule has 1 aliphatic rings. The molecule has 0 N–H and O–H groups in total. The van der Waals surface area contributed by atoms with Crippen molar-refractivity contribution in [3.63, 3.8) is 0 Å². The number of esters is 1. The Morgan fingerprint density at radius 2 is 2.00 bits per heavy atom. The molecule has 0 spiro atoms. The maximum absolute atomic E-state index is 12.4. The molecule has 0 bridgehead atoms. The third-order valence-corrected chi connectivity index (χ3v) is 4.07. The summed E-state index contributed by atoms with van der Waals surface area (Å²) in [6, 6.07) is 7.02. The molecule has 1 heterocycles. The third kappa shape index (κ3) is 2.92. The fourth-order valence-corrected chi connectivity index (χ4v) is 2.70. The SMILES string of the molecule is COC(=O)C1CCCN1C(=O)c1ccc(SC)cc1. The zero-order chi connectivity index (χ0) is 13.8. The highest BCUT2D eigenvalue weighted by Gasteiger charge is 2.35. The van der Waals surface area contributed by atoms with Gasteiger partial charge in [-0.15, -0.1) is 11.8 Å². The predicted molar refractivity (Wildman–Crippen MR) is 74.3 cm³/mol. The number of methoxy groups -OCH3 is 1. The number of thioether (sulfide) groups is 1. The highest BCUT2D eigenvalue weighted by molar-refractivity contribution is 7.98. The highest BCUT2D eigenvalue weighted by atomic mass is 32.2. The summed E-state index contributed by atoms with van der Waals surface area (Å²) in [6.45, 7) is 0.614. The summed E-state index contributed by atoms with van der Waals surface area (Å²) in [5.74, 6) is -0.424. The number of carbonyl (C=O) groups is 2. The first-order valence-corrected chi connectivity index (χ1v) is 7.42. The molecule has 1 aromatic rings. The lowest BCUT2D eigenvalue weighted by Crippen LogP contribution is -2.41. The first-order valence-electron chi connectivity index (χ1n) is 6.20. The number of benzene rings is 1. The van der Waals surface area contributed by atoms with Crippen LogP contribution in [-0.4, -0.2) is 42.7 Å². The van der Waals surface area contributed by atoms with E-state index in [2.05, 4.69) is 0 Å². The molecule has 1 amide bonds. The maximum Gasteiger partial charge on any atom is 0.328 e. The minimum absolute atomic E-state index is 0.0967. The molecule has 2 rings (SSSR count). The lowest BCUT2D eigenvalue weighted by Gasteiger charge is -2.22. The van der Waals surface area contributed by atoms with Crippen molar-refractivity contribution in [2.75, 3.05) is 19.9 Å². The van der Waals surface area contributed by atoms with Crippen LogP contribution in [-0.2, 0) is 9.53 Å². The van der Waals surface area contributed by atoms with Crippen LogP contribution in [0.15, 0.2) is 29.2 Å². The molecular formula is C14H17NO3S. The smallest absolute Gasteiger partial charge is 0.328 e. The Balaban J connectivity index is 2.15. The maximum atomic E-state index is 12.4. The van der Waals surface area contributed by atoms with Gasteiger partial charge in [-0.2, -0.15) is 0 Å². The highest BCUT2D eigenvalue weighted by Crippen LogP contribution is 2.22. The van der Waals surface area contributed by atoms with Gasteiger partial charge >= 0.3 is 5.97 Å². The van der Waals surface area contributed by atoms with E-state index in [0.29, 0.717) is 18.5 Å². The molecule has 102 valence electrons. The van der Waals surface area contributed by atoms with E-state index in [9.17, 15) is 9.59 Å². The van der Waals surface area contributed by atoms with Gasteiger partial charge in [0.05, 0.1) is 7.11 Å². The van der Waals surface area contributed by atoms with Crippen LogP contribution in [0.4, 0.5) is 0 Å². The van der Waals surface area contributed by atoms with Crippen molar-refractivity contribution in [2.24, 2.45) is 0 Å². The zero-order valence-electron chi connectivity index (χ0n) is 11.1. The van der Waals surface area contributed by atoms with Crippen LogP contribution in [0.5, 0.6) is 0 Å². The molecular weight excluding hydrogens is 262 g/mol. The van der Waals surface area contributed by atoms with Gasteiger partial charge in [0.1, 0.15) is 6.04 Å². The number of hydrogen-bond donors (Lipinski definition) is 0. The van der Waals surface area contributed by atoms with Crippen molar-refractivity contribution in [3.8, 4) is 0 Å². The fourth-order valence-electron chi connectivity index (χ4n) is 2.29. The Labute approximate surface area is 117 Å². The number of likely N-dealkylation sites (tertiary alicyclic amines) is 1. The van der Waals surface area contributed by atoms with E-state index < -0.39 is 6.04 Å². The monoisotopic (exact) mass is 279 g/mol. The number of hydrogen-bond acceptors (Lipinski definition) is 4. The average Bonchev–Trinajstić information content (AvgIpc) is 2.95. The summed E-state index contributed by atoms with van der Waals surface area (Å²) in [5.41, 5.74) is 0.619. The van der Waals surface area contributed by atoms with Crippen molar-refractivity contribution >= 4 is 23.6 Å². The second-order valence-electron chi connectivity index (χ2n) is 4.41. The van der Waals surface area contributed by atoms with Gasteiger partial charge in [0.15, 0.2) is 0 Å². The molecule has 0 saturated carbocycles. The van der Waals surface area contributed by atoms with E-state index in [4.69, 9.17) is 4.74 Å². The van der Waals surface area contributed by atoms with Crippen molar-refractivity contribution in [1.82, 2.24) is 4.90 Å². The number of rotatable bonds is 3. The number of nitrogens with zero attached hydrogens (tertiary/aromatic N) is 1. The summed E-state index contributed by atoms with van der Waals surface area (Å²) in [4.78, 5) is 26.8. The molecule has 1 fully saturated rings. The van der Waals surface area contributed by atoms with Gasteiger partial charge in [-0.1, -0.05) is 0 Å². The van der Waals surface area contributed by atoms with E-state index in [1.54, 1.807) is 28.8 Å². The van der Waals surface area contributed by atoms with E-state index in [0.717, 1.165) is 11.3 Å². The van der Waals surface area contributed by atoms with E-state index in [-0.39, 0.29) is 11.9 Å². The fraction of sp³-hybridized carbons (Fsp3) is 0.429. The van der Waals surface area contributed by atoms with Gasteiger partial charge in [0.25, 0.3) is 5.91 Å². The standard InChI is InChI=1S/C14H17NO3S/c1-18-14(17)12-4-3-9-15(12)13(16)10-5-7-11(19-2)8-6-10/h5-8,12H,3-4,9H2,1-2H3. The number of ether oxygens (including phenoxy) is 1. The summed E-state index contributed by atoms with van der Waals surface area (Å²) >= 11 is 1.63. The molecule has 0 aliphatic carbocycles. The van der Waals surface area contributed by atoms with Crippen LogP contribution < -0.4 is 0 Å². The van der Waals surface area contributed by atoms with Crippen LogP contribution in [0, 0.1) is 0 Å². The summed E-state index contributed by atoms with van der Waals surface area (Å²) < 4.78 is 4.75. The Kier molecular flexibility index (Phi) is 4.47. The van der Waals surface area contributed by atoms with Gasteiger partial charge in [0.2, 0.25) is 0 Å². The Morgan fingerprint density at radius 3 is 2.58 bits per heavy atom. The Morgan fingerprint density at radius 1 is 1.32 bits per heavy atom. The number of amides is 1. The van der Waals surface area contributed by atoms with Gasteiger partial charge in [0, 0.05) is 17.0 Å². The molecule has 1 atom stereocenters. The van der Waals surface area contributed by atoms with E-state index in [1.807, 2.05) is 18.4 Å². The first-order chi connectivity index (χ1) is 9.17. The van der Waals surface area contributed by atoms with Crippen LogP contribution >= 0.6 is 11.8 Å². The Hall–Kier alpha value is -1.49.